The summed E-state index contributed by atoms with van der Waals surface area (Å²) in [6, 6.07) is 0. The largest absolute Gasteiger partial charge is 0.458 e. The molecule has 36 atom stereocenters. The molecule has 11 rings (SSSR count). The first-order valence-electron chi connectivity index (χ1n) is 32.7. The fourth-order valence-electron chi connectivity index (χ4n) is 18.0. The molecule has 0 aromatic carbocycles. The van der Waals surface area contributed by atoms with Crippen LogP contribution in [0.5, 0.6) is 0 Å². The van der Waals surface area contributed by atoms with E-state index in [4.69, 9.17) is 61.6 Å². The van der Waals surface area contributed by atoms with Gasteiger partial charge in [-0.05, 0) is 75.0 Å². The Hall–Kier alpha value is -2.03. The Labute approximate surface area is 541 Å². The number of carbonyl (C=O) groups excluding carboxylic acids is 1. The van der Waals surface area contributed by atoms with Crippen LogP contribution in [-0.4, -0.2) is 339 Å². The summed E-state index contributed by atoms with van der Waals surface area (Å²) in [6.07, 6.45) is -51.5. The van der Waals surface area contributed by atoms with Gasteiger partial charge in [0.15, 0.2) is 37.7 Å². The summed E-state index contributed by atoms with van der Waals surface area (Å²) in [5.74, 6) is -0.483. The van der Waals surface area contributed by atoms with E-state index in [0.717, 1.165) is 25.7 Å². The van der Waals surface area contributed by atoms with Crippen LogP contribution in [-0.2, 0) is 66.4 Å². The first kappa shape index (κ1) is 73.2. The lowest BCUT2D eigenvalue weighted by Gasteiger charge is -2.63. The van der Waals surface area contributed by atoms with Crippen LogP contribution in [0.1, 0.15) is 92.4 Å². The summed E-state index contributed by atoms with van der Waals surface area (Å²) in [6.45, 7) is 4.62. The molecule has 0 unspecified atom stereocenters. The van der Waals surface area contributed by atoms with Crippen molar-refractivity contribution in [3.63, 3.8) is 0 Å². The van der Waals surface area contributed by atoms with Crippen molar-refractivity contribution < 1.29 is 163 Å². The fraction of sp³-hybridized carbons (Fsp3) is 0.951. The number of carbonyl (C=O) groups is 1. The van der Waals surface area contributed by atoms with Gasteiger partial charge in [0.05, 0.1) is 64.9 Å². The maximum atomic E-state index is 12.8. The highest BCUT2D eigenvalue weighted by molar-refractivity contribution is 5.73. The lowest BCUT2D eigenvalue weighted by Crippen LogP contribution is -2.69. The molecule has 2 saturated carbocycles. The third-order valence-corrected chi connectivity index (χ3v) is 23.9. The average Bonchev–Trinajstić information content (AvgIpc) is 1.43. The molecule has 7 saturated heterocycles. The Kier molecular flexibility index (Phi) is 21.9. The van der Waals surface area contributed by atoms with Crippen LogP contribution in [0.25, 0.3) is 0 Å². The molecule has 9 fully saturated rings. The molecule has 33 nitrogen and oxygen atoms in total. The Morgan fingerprint density at radius 3 is 1.59 bits per heavy atom. The smallest absolute Gasteiger partial charge is 0.306 e. The molecule has 7 aliphatic heterocycles. The zero-order chi connectivity index (χ0) is 68.2. The summed E-state index contributed by atoms with van der Waals surface area (Å²) < 4.78 is 78.8. The van der Waals surface area contributed by atoms with E-state index in [9.17, 15) is 102 Å². The van der Waals surface area contributed by atoms with Crippen LogP contribution in [0, 0.1) is 33.5 Å². The molecule has 94 heavy (non-hydrogen) atoms. The fourth-order valence-corrected chi connectivity index (χ4v) is 18.0. The van der Waals surface area contributed by atoms with Gasteiger partial charge < -0.3 is 159 Å². The monoisotopic (exact) mass is 1360 g/mol. The molecule has 33 heteroatoms. The van der Waals surface area contributed by atoms with Crippen molar-refractivity contribution in [1.29, 1.82) is 0 Å². The SMILES string of the molecule is C[C@@H]1O[C@@H](O[C@H]2[C@H](O[C@H]3[C@H](OC[C@H]4O[C@@H](O[C@H]5CC[C@]6(C)C7=C(CC[C@H]6C5(CO)CO)[C@]5(C)CC[C@]6(OC(=O)C[C@H]6C)[C@@]5(C)CC7)[C@H](O)[C@@H](O)[C@@H]4O)OC[C@H](O)[C@@H]3O)O[C@H](CO)[C@@H](O)[C@@H]2O[C@@H]2O[C@H](CO)[C@@H](O)[C@H](O)[C@H]2O[C@@H]2O[C@H](CO)[C@@H](O)[C@H](O)[C@H]2O)[C@H](O)[C@H](O)[C@H]1O. The van der Waals surface area contributed by atoms with Crippen molar-refractivity contribution in [3.8, 4) is 0 Å². The number of hydrogen-bond acceptors (Lipinski definition) is 33. The second-order valence-corrected chi connectivity index (χ2v) is 28.6. The highest BCUT2D eigenvalue weighted by atomic mass is 16.8. The summed E-state index contributed by atoms with van der Waals surface area (Å²) in [4.78, 5) is 12.8. The van der Waals surface area contributed by atoms with E-state index in [-0.39, 0.29) is 35.1 Å². The van der Waals surface area contributed by atoms with Crippen LogP contribution in [0.2, 0.25) is 0 Å². The second-order valence-electron chi connectivity index (χ2n) is 28.6. The van der Waals surface area contributed by atoms with Gasteiger partial charge in [-0.15, -0.1) is 0 Å². The van der Waals surface area contributed by atoms with Gasteiger partial charge in [0.25, 0.3) is 0 Å². The molecule has 0 aromatic heterocycles. The van der Waals surface area contributed by atoms with Crippen molar-refractivity contribution in [3.05, 3.63) is 11.1 Å². The molecule has 540 valence electrons. The minimum atomic E-state index is -2.17. The lowest BCUT2D eigenvalue weighted by atomic mass is 9.42. The summed E-state index contributed by atoms with van der Waals surface area (Å²) in [7, 11) is 0. The lowest BCUT2D eigenvalue weighted by molar-refractivity contribution is -0.414. The Balaban J connectivity index is 0.834. The third-order valence-electron chi connectivity index (χ3n) is 23.9. The van der Waals surface area contributed by atoms with Gasteiger partial charge in [-0.3, -0.25) is 4.79 Å². The molecule has 0 aromatic rings. The first-order valence-corrected chi connectivity index (χ1v) is 32.7. The minimum Gasteiger partial charge on any atom is -0.458 e. The van der Waals surface area contributed by atoms with Crippen LogP contribution >= 0.6 is 0 Å². The molecule has 7 heterocycles. The topological polar surface area (TPSA) is 521 Å². The van der Waals surface area contributed by atoms with E-state index >= 15 is 0 Å². The molecular formula is C61H98O33. The third kappa shape index (κ3) is 12.1. The van der Waals surface area contributed by atoms with Gasteiger partial charge in [0, 0.05) is 16.7 Å². The standard InChI is InChI=1S/C61H98O33/c1-22-14-33(68)94-61(22)13-12-58(4)25-6-7-31-57(3,24(25)8-11-59(58,61)5)10-9-32(60(31,20-65)21-66)89-52-45(80)42(77)38(73)30(88-52)19-83-54-48(35(70)26(67)18-82-54)92-56-50(93-51-44(79)40(75)34(69)23(2)84-51)47(39(74)29(17-64)87-56)90-55-49(43(78)37(72)28(16-63)86-55)91-53-46(81)41(76)36(71)27(15-62)85-53/h22-23,26-32,34-56,62-67,69-81H,6-21H2,1-5H3/t22-,23+,26+,27-,28-,29-,30-,31-,32+,34+,35+,36-,37-,38-,39-,40-,41+,42+,43+,44-,45-,46-,47+,48-,49-,50-,51+,52+,53+,54+,55+,56+,57-,58+,59+,61-/m1/s1. The normalized spacial score (nSPS) is 53.7. The number of esters is 1. The number of ether oxygens (including phenoxy) is 13. The zero-order valence-electron chi connectivity index (χ0n) is 53.0. The van der Waals surface area contributed by atoms with Crippen LogP contribution in [0.15, 0.2) is 11.1 Å². The molecule has 1 spiro atoms. The number of fused-ring (bicyclic) bond motifs is 5. The van der Waals surface area contributed by atoms with Crippen molar-refractivity contribution in [2.24, 2.45) is 33.5 Å². The molecule has 19 N–H and O–H groups in total. The van der Waals surface area contributed by atoms with Gasteiger partial charge in [0.1, 0.15) is 140 Å². The highest BCUT2D eigenvalue weighted by Crippen LogP contribution is 2.75. The Bertz CT molecular complexity index is 2620. The quantitative estimate of drug-likeness (QED) is 0.0448. The van der Waals surface area contributed by atoms with Crippen LogP contribution in [0.4, 0.5) is 0 Å². The second kappa shape index (κ2) is 28.1. The van der Waals surface area contributed by atoms with E-state index < -0.39 is 247 Å². The van der Waals surface area contributed by atoms with Crippen molar-refractivity contribution in [1.82, 2.24) is 0 Å². The number of hydrogen-bond donors (Lipinski definition) is 19. The number of aliphatic hydroxyl groups is 19. The maximum Gasteiger partial charge on any atom is 0.306 e. The van der Waals surface area contributed by atoms with Gasteiger partial charge in [-0.2, -0.15) is 0 Å². The molecule has 0 radical (unpaired) electrons. The first-order chi connectivity index (χ1) is 44.4. The van der Waals surface area contributed by atoms with Gasteiger partial charge in [-0.1, -0.05) is 38.8 Å². The Morgan fingerprint density at radius 1 is 0.468 bits per heavy atom. The predicted octanol–water partition coefficient (Wildman–Crippen LogP) is -7.64. The minimum absolute atomic E-state index is 0.0483. The van der Waals surface area contributed by atoms with E-state index in [1.54, 1.807) is 0 Å². The molecule has 0 bridgehead atoms. The molecule has 4 aliphatic carbocycles. The number of allylic oxidation sites excluding steroid dienone is 2. The maximum absolute atomic E-state index is 12.8. The van der Waals surface area contributed by atoms with Crippen molar-refractivity contribution in [2.45, 2.75) is 282 Å². The summed E-state index contributed by atoms with van der Waals surface area (Å²) in [5.41, 5.74) is -0.457. The van der Waals surface area contributed by atoms with Gasteiger partial charge >= 0.3 is 5.97 Å². The van der Waals surface area contributed by atoms with Crippen molar-refractivity contribution in [2.75, 3.05) is 46.2 Å². The molecule has 11 aliphatic rings. The van der Waals surface area contributed by atoms with Crippen LogP contribution in [0.3, 0.4) is 0 Å². The highest BCUT2D eigenvalue weighted by Gasteiger charge is 2.73. The van der Waals surface area contributed by atoms with Crippen molar-refractivity contribution >= 4 is 5.97 Å². The van der Waals surface area contributed by atoms with E-state index in [0.29, 0.717) is 25.7 Å². The zero-order valence-corrected chi connectivity index (χ0v) is 53.0. The van der Waals surface area contributed by atoms with E-state index in [1.165, 1.54) is 18.1 Å². The van der Waals surface area contributed by atoms with E-state index in [1.807, 2.05) is 0 Å². The molecule has 0 amide bonds. The van der Waals surface area contributed by atoms with E-state index in [2.05, 4.69) is 27.7 Å². The summed E-state index contributed by atoms with van der Waals surface area (Å²) in [5, 5.41) is 211. The number of aliphatic hydroxyl groups excluding tert-OH is 19. The molecular weight excluding hydrogens is 1260 g/mol. The predicted molar refractivity (Wildman–Crippen MR) is 305 cm³/mol. The van der Waals surface area contributed by atoms with Crippen LogP contribution < -0.4 is 0 Å². The average molecular weight is 1360 g/mol. The van der Waals surface area contributed by atoms with Gasteiger partial charge in [-0.25, -0.2) is 0 Å². The van der Waals surface area contributed by atoms with Gasteiger partial charge in [0.2, 0.25) is 0 Å². The number of rotatable bonds is 18. The summed E-state index contributed by atoms with van der Waals surface area (Å²) >= 11 is 0. The Morgan fingerprint density at radius 2 is 0.979 bits per heavy atom.